The molecule has 1 unspecified atom stereocenters. The number of halogens is 3. The summed E-state index contributed by atoms with van der Waals surface area (Å²) < 4.78 is 35.1. The predicted octanol–water partition coefficient (Wildman–Crippen LogP) is 0.597. The molecule has 0 aliphatic heterocycles. The average Bonchev–Trinajstić information content (AvgIpc) is 1.82. The minimum absolute atomic E-state index is 0.735. The summed E-state index contributed by atoms with van der Waals surface area (Å²) in [5.74, 6) is -3.66. The fourth-order valence-corrected chi connectivity index (χ4v) is 0.417. The van der Waals surface area contributed by atoms with E-state index < -0.39 is 24.1 Å². The van der Waals surface area contributed by atoms with Gasteiger partial charge in [-0.15, -0.1) is 0 Å². The van der Waals surface area contributed by atoms with E-state index in [9.17, 15) is 18.0 Å². The van der Waals surface area contributed by atoms with Crippen LogP contribution >= 0.6 is 0 Å². The normalized spacial score (nSPS) is 17.5. The average molecular weight is 171 g/mol. The summed E-state index contributed by atoms with van der Waals surface area (Å²) in [6.07, 6.45) is -4.54. The Bertz CT molecular complexity index is 156. The molecule has 2 atom stereocenters. The van der Waals surface area contributed by atoms with E-state index in [0.717, 1.165) is 6.92 Å². The molecule has 0 saturated carbocycles. The Kier molecular flexibility index (Phi) is 2.86. The highest BCUT2D eigenvalue weighted by atomic mass is 19.4. The van der Waals surface area contributed by atoms with Crippen molar-refractivity contribution in [1.29, 1.82) is 0 Å². The van der Waals surface area contributed by atoms with Crippen molar-refractivity contribution in [2.75, 3.05) is 0 Å². The molecule has 0 heterocycles. The molecule has 6 heteroatoms. The van der Waals surface area contributed by atoms with E-state index in [-0.39, 0.29) is 0 Å². The molecular weight excluding hydrogens is 163 g/mol. The monoisotopic (exact) mass is 171 g/mol. The van der Waals surface area contributed by atoms with Crippen molar-refractivity contribution in [3.05, 3.63) is 0 Å². The number of carbonyl (C=O) groups is 1. The zero-order valence-corrected chi connectivity index (χ0v) is 5.72. The Hall–Kier alpha value is -0.780. The number of hydrogen-bond donors (Lipinski definition) is 2. The van der Waals surface area contributed by atoms with Gasteiger partial charge in [-0.25, -0.2) is 0 Å². The smallest absolute Gasteiger partial charge is 0.393 e. The van der Waals surface area contributed by atoms with Gasteiger partial charge in [0.1, 0.15) is 6.04 Å². The Morgan fingerprint density at radius 2 is 1.91 bits per heavy atom. The first kappa shape index (κ1) is 10.2. The van der Waals surface area contributed by atoms with Gasteiger partial charge in [0.2, 0.25) is 0 Å². The van der Waals surface area contributed by atoms with Crippen LogP contribution in [0.15, 0.2) is 0 Å². The molecule has 0 saturated heterocycles. The fraction of sp³-hybridized carbons (Fsp3) is 0.800. The summed E-state index contributed by atoms with van der Waals surface area (Å²) in [4.78, 5) is 9.96. The van der Waals surface area contributed by atoms with E-state index in [2.05, 4.69) is 0 Å². The third-order valence-electron chi connectivity index (χ3n) is 1.34. The third kappa shape index (κ3) is 2.75. The molecule has 3 N–H and O–H groups in total. The van der Waals surface area contributed by atoms with Crippen LogP contribution in [-0.2, 0) is 4.79 Å². The molecule has 0 amide bonds. The van der Waals surface area contributed by atoms with Crippen molar-refractivity contribution in [3.63, 3.8) is 0 Å². The van der Waals surface area contributed by atoms with Crippen LogP contribution < -0.4 is 5.73 Å². The Morgan fingerprint density at radius 1 is 1.55 bits per heavy atom. The highest BCUT2D eigenvalue weighted by molar-refractivity contribution is 5.73. The Morgan fingerprint density at radius 3 is 2.00 bits per heavy atom. The molecule has 0 bridgehead atoms. The second kappa shape index (κ2) is 3.08. The van der Waals surface area contributed by atoms with Crippen molar-refractivity contribution in [3.8, 4) is 0 Å². The number of nitrogens with two attached hydrogens (primary N) is 1. The van der Waals surface area contributed by atoms with Gasteiger partial charge >= 0.3 is 12.1 Å². The van der Waals surface area contributed by atoms with Crippen LogP contribution in [0.3, 0.4) is 0 Å². The minimum Gasteiger partial charge on any atom is -0.480 e. The molecule has 0 aliphatic rings. The lowest BCUT2D eigenvalue weighted by atomic mass is 10.0. The zero-order chi connectivity index (χ0) is 9.23. The summed E-state index contributed by atoms with van der Waals surface area (Å²) in [5, 5.41) is 8.09. The highest BCUT2D eigenvalue weighted by Gasteiger charge is 2.42. The standard InChI is InChI=1S/C5H8F3NO2/c1-2(5(6,7)8)3(9)4(10)11/h2-3H,9H2,1H3,(H,10,11)/t2-,3?/m1/s1. The summed E-state index contributed by atoms with van der Waals surface area (Å²) >= 11 is 0. The van der Waals surface area contributed by atoms with Crippen LogP contribution in [0.25, 0.3) is 0 Å². The topological polar surface area (TPSA) is 63.3 Å². The molecule has 0 fully saturated rings. The van der Waals surface area contributed by atoms with E-state index in [4.69, 9.17) is 10.8 Å². The van der Waals surface area contributed by atoms with Gasteiger partial charge in [-0.1, -0.05) is 6.92 Å². The molecular formula is C5H8F3NO2. The van der Waals surface area contributed by atoms with Crippen LogP contribution in [0.2, 0.25) is 0 Å². The van der Waals surface area contributed by atoms with E-state index in [0.29, 0.717) is 0 Å². The molecule has 0 radical (unpaired) electrons. The quantitative estimate of drug-likeness (QED) is 0.639. The Labute approximate surface area is 61.0 Å². The van der Waals surface area contributed by atoms with Gasteiger partial charge in [-0.3, -0.25) is 4.79 Å². The number of alkyl halides is 3. The van der Waals surface area contributed by atoms with E-state index in [1.165, 1.54) is 0 Å². The molecule has 66 valence electrons. The molecule has 0 rings (SSSR count). The van der Waals surface area contributed by atoms with Crippen molar-refractivity contribution in [1.82, 2.24) is 0 Å². The van der Waals surface area contributed by atoms with Crippen molar-refractivity contribution in [2.24, 2.45) is 11.7 Å². The van der Waals surface area contributed by atoms with Gasteiger partial charge in [-0.05, 0) is 0 Å². The summed E-state index contributed by atoms with van der Waals surface area (Å²) in [6, 6.07) is -1.88. The second-order valence-electron chi connectivity index (χ2n) is 2.19. The number of carboxylic acids is 1. The maximum Gasteiger partial charge on any atom is 0.393 e. The SMILES string of the molecule is C[C@H](C(N)C(=O)O)C(F)(F)F. The van der Waals surface area contributed by atoms with Crippen LogP contribution in [-0.4, -0.2) is 23.3 Å². The van der Waals surface area contributed by atoms with Crippen LogP contribution in [0.4, 0.5) is 13.2 Å². The molecule has 0 aromatic carbocycles. The molecule has 3 nitrogen and oxygen atoms in total. The fourth-order valence-electron chi connectivity index (χ4n) is 0.417. The Balaban J connectivity index is 4.25. The first-order valence-electron chi connectivity index (χ1n) is 2.82. The minimum atomic E-state index is -4.54. The van der Waals surface area contributed by atoms with Gasteiger partial charge < -0.3 is 10.8 Å². The van der Waals surface area contributed by atoms with Gasteiger partial charge in [0, 0.05) is 0 Å². The van der Waals surface area contributed by atoms with E-state index in [1.807, 2.05) is 0 Å². The zero-order valence-electron chi connectivity index (χ0n) is 5.72. The largest absolute Gasteiger partial charge is 0.480 e. The van der Waals surface area contributed by atoms with Crippen molar-refractivity contribution < 1.29 is 23.1 Å². The van der Waals surface area contributed by atoms with Gasteiger partial charge in [0.15, 0.2) is 0 Å². The van der Waals surface area contributed by atoms with Gasteiger partial charge in [0.05, 0.1) is 5.92 Å². The van der Waals surface area contributed by atoms with Crippen LogP contribution in [0.5, 0.6) is 0 Å². The first-order valence-corrected chi connectivity index (χ1v) is 2.82. The van der Waals surface area contributed by atoms with Crippen LogP contribution in [0, 0.1) is 5.92 Å². The maximum absolute atomic E-state index is 11.7. The maximum atomic E-state index is 11.7. The second-order valence-corrected chi connectivity index (χ2v) is 2.19. The molecule has 0 aromatic heterocycles. The number of aliphatic carboxylic acids is 1. The first-order chi connectivity index (χ1) is 4.76. The third-order valence-corrected chi connectivity index (χ3v) is 1.34. The lowest BCUT2D eigenvalue weighted by molar-refractivity contribution is -0.182. The number of carboxylic acid groups (broad SMARTS) is 1. The number of hydrogen-bond acceptors (Lipinski definition) is 2. The summed E-state index contributed by atoms with van der Waals surface area (Å²) in [6.45, 7) is 0.735. The molecule has 11 heavy (non-hydrogen) atoms. The van der Waals surface area contributed by atoms with Gasteiger partial charge in [-0.2, -0.15) is 13.2 Å². The highest BCUT2D eigenvalue weighted by Crippen LogP contribution is 2.27. The van der Waals surface area contributed by atoms with Gasteiger partial charge in [0.25, 0.3) is 0 Å². The molecule has 0 spiro atoms. The van der Waals surface area contributed by atoms with Crippen molar-refractivity contribution >= 4 is 5.97 Å². The lowest BCUT2D eigenvalue weighted by Gasteiger charge is -2.18. The van der Waals surface area contributed by atoms with E-state index in [1.54, 1.807) is 0 Å². The summed E-state index contributed by atoms with van der Waals surface area (Å²) in [7, 11) is 0. The van der Waals surface area contributed by atoms with Crippen molar-refractivity contribution in [2.45, 2.75) is 19.1 Å². The number of rotatable bonds is 2. The van der Waals surface area contributed by atoms with Crippen LogP contribution in [0.1, 0.15) is 6.92 Å². The molecule has 0 aliphatic carbocycles. The lowest BCUT2D eigenvalue weighted by Crippen LogP contribution is -2.43. The van der Waals surface area contributed by atoms with E-state index >= 15 is 0 Å². The predicted molar refractivity (Wildman–Crippen MR) is 30.8 cm³/mol. The summed E-state index contributed by atoms with van der Waals surface area (Å²) in [5.41, 5.74) is 4.73. The molecule has 0 aromatic rings.